The van der Waals surface area contributed by atoms with Gasteiger partial charge in [-0.15, -0.1) is 0 Å². The largest absolute Gasteiger partial charge is 0.497 e. The molecule has 10 heteroatoms. The highest BCUT2D eigenvalue weighted by Crippen LogP contribution is 2.34. The first-order chi connectivity index (χ1) is 15.7. The molecule has 170 valence electrons. The lowest BCUT2D eigenvalue weighted by Crippen LogP contribution is -2.16. The van der Waals surface area contributed by atoms with Crippen LogP contribution in [0.3, 0.4) is 0 Å². The highest BCUT2D eigenvalue weighted by molar-refractivity contribution is 6.03. The Hall–Kier alpha value is -3.95. The molecule has 33 heavy (non-hydrogen) atoms. The number of carbonyl (C=O) groups is 1. The molecule has 0 spiro atoms. The molecule has 1 N–H and O–H groups in total. The average Bonchev–Trinajstić information content (AvgIpc) is 3.19. The summed E-state index contributed by atoms with van der Waals surface area (Å²) in [7, 11) is 1.42. The van der Waals surface area contributed by atoms with E-state index in [1.54, 1.807) is 12.1 Å². The molecule has 0 saturated heterocycles. The Bertz CT molecular complexity index is 1300. The lowest BCUT2D eigenvalue weighted by molar-refractivity contribution is -0.145. The smallest absolute Gasteiger partial charge is 0.450 e. The van der Waals surface area contributed by atoms with Gasteiger partial charge in [0, 0.05) is 11.6 Å². The SMILES string of the molecule is COc1ccc2c(c1)nc(C(F)(F)F)n2-c1cnc(NC(=O)c2ccc(C(C)C)cc2)cn1. The standard InChI is InChI=1S/C23H20F3N5O2/c1-13(2)14-4-6-15(7-5-14)21(32)30-19-11-28-20(12-27-19)31-18-9-8-16(33-3)10-17(18)29-22(31)23(24,25)26/h4-13H,1-3H3,(H,27,30,32). The van der Waals surface area contributed by atoms with Crippen LogP contribution >= 0.6 is 0 Å². The molecule has 0 radical (unpaired) electrons. The Kier molecular flexibility index (Phi) is 5.75. The Morgan fingerprint density at radius 2 is 1.79 bits per heavy atom. The highest BCUT2D eigenvalue weighted by atomic mass is 19.4. The third-order valence-corrected chi connectivity index (χ3v) is 5.06. The Labute approximate surface area is 187 Å². The molecule has 0 unspecified atom stereocenters. The number of benzene rings is 2. The molecule has 2 heterocycles. The van der Waals surface area contributed by atoms with E-state index in [9.17, 15) is 18.0 Å². The quantitative estimate of drug-likeness (QED) is 0.446. The number of rotatable bonds is 5. The fourth-order valence-electron chi connectivity index (χ4n) is 3.32. The van der Waals surface area contributed by atoms with Crippen molar-refractivity contribution in [2.45, 2.75) is 25.9 Å². The number of carbonyl (C=O) groups excluding carboxylic acids is 1. The van der Waals surface area contributed by atoms with Crippen LogP contribution in [0.15, 0.2) is 54.9 Å². The molecular formula is C23H20F3N5O2. The number of hydrogen-bond acceptors (Lipinski definition) is 5. The van der Waals surface area contributed by atoms with Gasteiger partial charge >= 0.3 is 6.18 Å². The highest BCUT2D eigenvalue weighted by Gasteiger charge is 2.38. The van der Waals surface area contributed by atoms with Gasteiger partial charge in [0.05, 0.1) is 30.5 Å². The summed E-state index contributed by atoms with van der Waals surface area (Å²) < 4.78 is 46.9. The van der Waals surface area contributed by atoms with Gasteiger partial charge in [0.2, 0.25) is 5.82 Å². The summed E-state index contributed by atoms with van der Waals surface area (Å²) in [6.45, 7) is 4.10. The van der Waals surface area contributed by atoms with Crippen LogP contribution in [-0.4, -0.2) is 32.5 Å². The summed E-state index contributed by atoms with van der Waals surface area (Å²) in [6.07, 6.45) is -2.37. The molecule has 0 aliphatic heterocycles. The van der Waals surface area contributed by atoms with Gasteiger partial charge in [-0.25, -0.2) is 15.0 Å². The molecule has 0 fully saturated rings. The van der Waals surface area contributed by atoms with Crippen LogP contribution in [0, 0.1) is 0 Å². The van der Waals surface area contributed by atoms with Gasteiger partial charge in [0.15, 0.2) is 11.6 Å². The second kappa shape index (κ2) is 8.53. The number of alkyl halides is 3. The Morgan fingerprint density at radius 3 is 2.36 bits per heavy atom. The van der Waals surface area contributed by atoms with E-state index in [1.807, 2.05) is 12.1 Å². The van der Waals surface area contributed by atoms with Crippen molar-refractivity contribution in [1.29, 1.82) is 0 Å². The molecule has 1 amide bonds. The second-order valence-corrected chi connectivity index (χ2v) is 7.61. The first-order valence-corrected chi connectivity index (χ1v) is 10.0. The van der Waals surface area contributed by atoms with Crippen LogP contribution < -0.4 is 10.1 Å². The maximum absolute atomic E-state index is 13.7. The molecule has 0 aliphatic rings. The van der Waals surface area contributed by atoms with Crippen molar-refractivity contribution in [3.63, 3.8) is 0 Å². The van der Waals surface area contributed by atoms with E-state index >= 15 is 0 Å². The summed E-state index contributed by atoms with van der Waals surface area (Å²) >= 11 is 0. The minimum absolute atomic E-state index is 0.0886. The van der Waals surface area contributed by atoms with Gasteiger partial charge in [0.1, 0.15) is 5.75 Å². The number of aromatic nitrogens is 4. The third kappa shape index (κ3) is 4.50. The summed E-state index contributed by atoms with van der Waals surface area (Å²) in [5.41, 5.74) is 1.82. The van der Waals surface area contributed by atoms with Crippen LogP contribution in [0.2, 0.25) is 0 Å². The lowest BCUT2D eigenvalue weighted by Gasteiger charge is -2.11. The molecule has 4 rings (SSSR count). The van der Waals surface area contributed by atoms with E-state index < -0.39 is 17.9 Å². The van der Waals surface area contributed by atoms with E-state index in [1.165, 1.54) is 31.5 Å². The average molecular weight is 455 g/mol. The van der Waals surface area contributed by atoms with Crippen molar-refractivity contribution in [2.75, 3.05) is 12.4 Å². The number of halogens is 3. The number of hydrogen-bond donors (Lipinski definition) is 1. The summed E-state index contributed by atoms with van der Waals surface area (Å²) in [5, 5.41) is 2.60. The minimum Gasteiger partial charge on any atom is -0.497 e. The monoisotopic (exact) mass is 455 g/mol. The van der Waals surface area contributed by atoms with E-state index in [4.69, 9.17) is 4.74 Å². The molecule has 2 aromatic carbocycles. The van der Waals surface area contributed by atoms with Crippen molar-refractivity contribution >= 4 is 22.8 Å². The topological polar surface area (TPSA) is 81.9 Å². The molecule has 7 nitrogen and oxygen atoms in total. The number of ether oxygens (including phenoxy) is 1. The third-order valence-electron chi connectivity index (χ3n) is 5.06. The van der Waals surface area contributed by atoms with E-state index in [0.717, 1.165) is 16.3 Å². The lowest BCUT2D eigenvalue weighted by atomic mass is 10.0. The van der Waals surface area contributed by atoms with Crippen molar-refractivity contribution in [3.05, 3.63) is 71.8 Å². The molecule has 0 atom stereocenters. The molecule has 2 aromatic heterocycles. The molecule has 4 aromatic rings. The van der Waals surface area contributed by atoms with E-state index in [2.05, 4.69) is 34.1 Å². The first-order valence-electron chi connectivity index (χ1n) is 10.0. The van der Waals surface area contributed by atoms with Crippen LogP contribution in [0.4, 0.5) is 19.0 Å². The van der Waals surface area contributed by atoms with Crippen molar-refractivity contribution in [1.82, 2.24) is 19.5 Å². The second-order valence-electron chi connectivity index (χ2n) is 7.61. The van der Waals surface area contributed by atoms with Crippen LogP contribution in [0.25, 0.3) is 16.9 Å². The minimum atomic E-state index is -4.72. The van der Waals surface area contributed by atoms with Crippen molar-refractivity contribution < 1.29 is 22.7 Å². The summed E-state index contributed by atoms with van der Waals surface area (Å²) in [4.78, 5) is 24.4. The van der Waals surface area contributed by atoms with Gasteiger partial charge in [-0.3, -0.25) is 9.36 Å². The zero-order valence-corrected chi connectivity index (χ0v) is 18.0. The van der Waals surface area contributed by atoms with Crippen LogP contribution in [-0.2, 0) is 6.18 Å². The number of amides is 1. The molecule has 0 aliphatic carbocycles. The first kappa shape index (κ1) is 22.3. The van der Waals surface area contributed by atoms with Gasteiger partial charge < -0.3 is 10.1 Å². The van der Waals surface area contributed by atoms with E-state index in [0.29, 0.717) is 17.2 Å². The van der Waals surface area contributed by atoms with Crippen LogP contribution in [0.5, 0.6) is 5.75 Å². The number of methoxy groups -OCH3 is 1. The van der Waals surface area contributed by atoms with Gasteiger partial charge in [-0.2, -0.15) is 13.2 Å². The maximum atomic E-state index is 13.7. The van der Waals surface area contributed by atoms with Crippen molar-refractivity contribution in [3.8, 4) is 11.6 Å². The fourth-order valence-corrected chi connectivity index (χ4v) is 3.32. The van der Waals surface area contributed by atoms with Gasteiger partial charge in [-0.05, 0) is 35.7 Å². The Balaban J connectivity index is 1.63. The number of fused-ring (bicyclic) bond motifs is 1. The van der Waals surface area contributed by atoms with Crippen molar-refractivity contribution in [2.24, 2.45) is 0 Å². The number of nitrogens with one attached hydrogen (secondary N) is 1. The summed E-state index contributed by atoms with van der Waals surface area (Å²) in [6, 6.07) is 11.6. The summed E-state index contributed by atoms with van der Waals surface area (Å²) in [5.74, 6) is -0.801. The fraction of sp³-hybridized carbons (Fsp3) is 0.217. The predicted molar refractivity (Wildman–Crippen MR) is 117 cm³/mol. The van der Waals surface area contributed by atoms with Gasteiger partial charge in [-0.1, -0.05) is 26.0 Å². The van der Waals surface area contributed by atoms with Gasteiger partial charge in [0.25, 0.3) is 5.91 Å². The zero-order valence-electron chi connectivity index (χ0n) is 18.0. The molecule has 0 saturated carbocycles. The maximum Gasteiger partial charge on any atom is 0.450 e. The predicted octanol–water partition coefficient (Wildman–Crippen LogP) is 5.22. The van der Waals surface area contributed by atoms with Crippen LogP contribution in [0.1, 0.15) is 41.5 Å². The number of anilines is 1. The molecule has 0 bridgehead atoms. The Morgan fingerprint density at radius 1 is 1.06 bits per heavy atom. The zero-order chi connectivity index (χ0) is 23.8. The number of nitrogens with zero attached hydrogens (tertiary/aromatic N) is 4. The normalized spacial score (nSPS) is 11.7. The molecular weight excluding hydrogens is 435 g/mol. The number of imidazole rings is 1. The van der Waals surface area contributed by atoms with E-state index in [-0.39, 0.29) is 22.7 Å².